The van der Waals surface area contributed by atoms with Gasteiger partial charge in [0.1, 0.15) is 0 Å². The van der Waals surface area contributed by atoms with E-state index >= 15 is 0 Å². The van der Waals surface area contributed by atoms with Gasteiger partial charge in [0.15, 0.2) is 12.4 Å². The first-order chi connectivity index (χ1) is 14.9. The number of aryl methyl sites for hydroxylation is 1. The van der Waals surface area contributed by atoms with Crippen LogP contribution in [-0.4, -0.2) is 36.3 Å². The summed E-state index contributed by atoms with van der Waals surface area (Å²) in [5.41, 5.74) is 1.71. The smallest absolute Gasteiger partial charge is 0.339 e. The number of esters is 1. The van der Waals surface area contributed by atoms with Crippen LogP contribution in [0.15, 0.2) is 48.5 Å². The molecule has 0 heterocycles. The molecule has 7 nitrogen and oxygen atoms in total. The van der Waals surface area contributed by atoms with E-state index in [0.717, 1.165) is 37.7 Å². The summed E-state index contributed by atoms with van der Waals surface area (Å²) in [6.07, 6.45) is 5.04. The SMILES string of the molecule is Cc1ccc(C(=O)c2ccccc2C(=O)OCC(=O)NC(=O)NC2CCCCC2)cc1. The van der Waals surface area contributed by atoms with Gasteiger partial charge in [0.2, 0.25) is 0 Å². The highest BCUT2D eigenvalue weighted by atomic mass is 16.5. The molecule has 0 saturated heterocycles. The van der Waals surface area contributed by atoms with Gasteiger partial charge < -0.3 is 10.1 Å². The quantitative estimate of drug-likeness (QED) is 0.548. The molecule has 1 saturated carbocycles. The standard InChI is InChI=1S/C24H26N2O5/c1-16-11-13-17(14-12-16)22(28)19-9-5-6-10-20(19)23(29)31-15-21(27)26-24(30)25-18-7-3-2-4-8-18/h5-6,9-14,18H,2-4,7-8,15H2,1H3,(H2,25,26,27,30). The molecular weight excluding hydrogens is 396 g/mol. The Balaban J connectivity index is 1.56. The van der Waals surface area contributed by atoms with Gasteiger partial charge in [-0.05, 0) is 25.8 Å². The third-order valence-electron chi connectivity index (χ3n) is 5.23. The fourth-order valence-corrected chi connectivity index (χ4v) is 3.56. The van der Waals surface area contributed by atoms with Crippen LogP contribution in [0.4, 0.5) is 4.79 Å². The van der Waals surface area contributed by atoms with Crippen LogP contribution in [0.2, 0.25) is 0 Å². The van der Waals surface area contributed by atoms with Gasteiger partial charge in [0, 0.05) is 17.2 Å². The fraction of sp³-hybridized carbons (Fsp3) is 0.333. The molecule has 2 aromatic rings. The van der Waals surface area contributed by atoms with Crippen molar-refractivity contribution >= 4 is 23.7 Å². The Labute approximate surface area is 181 Å². The van der Waals surface area contributed by atoms with Gasteiger partial charge in [-0.25, -0.2) is 9.59 Å². The number of nitrogens with one attached hydrogen (secondary N) is 2. The van der Waals surface area contributed by atoms with E-state index in [2.05, 4.69) is 10.6 Å². The van der Waals surface area contributed by atoms with Crippen LogP contribution in [0.25, 0.3) is 0 Å². The minimum atomic E-state index is -0.807. The number of urea groups is 1. The average molecular weight is 422 g/mol. The summed E-state index contributed by atoms with van der Waals surface area (Å²) >= 11 is 0. The highest BCUT2D eigenvalue weighted by Gasteiger charge is 2.21. The summed E-state index contributed by atoms with van der Waals surface area (Å²) in [4.78, 5) is 49.2. The van der Waals surface area contributed by atoms with Crippen molar-refractivity contribution in [2.75, 3.05) is 6.61 Å². The number of benzene rings is 2. The molecule has 2 aromatic carbocycles. The maximum atomic E-state index is 12.8. The topological polar surface area (TPSA) is 102 Å². The third kappa shape index (κ3) is 6.25. The second-order valence-corrected chi connectivity index (χ2v) is 7.67. The molecule has 0 aliphatic heterocycles. The first-order valence-electron chi connectivity index (χ1n) is 10.4. The van der Waals surface area contributed by atoms with Crippen LogP contribution in [0, 0.1) is 6.92 Å². The Morgan fingerprint density at radius 3 is 2.23 bits per heavy atom. The molecule has 31 heavy (non-hydrogen) atoms. The van der Waals surface area contributed by atoms with Gasteiger partial charge in [-0.2, -0.15) is 0 Å². The average Bonchev–Trinajstić information content (AvgIpc) is 2.78. The number of carbonyl (C=O) groups excluding carboxylic acids is 4. The van der Waals surface area contributed by atoms with Crippen LogP contribution >= 0.6 is 0 Å². The van der Waals surface area contributed by atoms with E-state index < -0.39 is 24.5 Å². The van der Waals surface area contributed by atoms with Crippen LogP contribution in [0.3, 0.4) is 0 Å². The molecule has 2 N–H and O–H groups in total. The van der Waals surface area contributed by atoms with E-state index in [4.69, 9.17) is 4.74 Å². The van der Waals surface area contributed by atoms with Crippen LogP contribution in [-0.2, 0) is 9.53 Å². The molecule has 7 heteroatoms. The Morgan fingerprint density at radius 1 is 0.903 bits per heavy atom. The molecule has 0 bridgehead atoms. The van der Waals surface area contributed by atoms with Crippen molar-refractivity contribution in [1.82, 2.24) is 10.6 Å². The molecule has 1 aliphatic rings. The summed E-state index contributed by atoms with van der Waals surface area (Å²) in [5.74, 6) is -1.85. The molecule has 3 amide bonds. The lowest BCUT2D eigenvalue weighted by Gasteiger charge is -2.22. The largest absolute Gasteiger partial charge is 0.452 e. The van der Waals surface area contributed by atoms with Crippen LogP contribution in [0.5, 0.6) is 0 Å². The Morgan fingerprint density at radius 2 is 1.55 bits per heavy atom. The Bertz CT molecular complexity index is 962. The molecule has 0 unspecified atom stereocenters. The van der Waals surface area contributed by atoms with E-state index in [0.29, 0.717) is 5.56 Å². The zero-order valence-electron chi connectivity index (χ0n) is 17.5. The molecule has 3 rings (SSSR count). The number of carbonyl (C=O) groups is 4. The second-order valence-electron chi connectivity index (χ2n) is 7.67. The van der Waals surface area contributed by atoms with Gasteiger partial charge in [-0.1, -0.05) is 67.3 Å². The first-order valence-corrected chi connectivity index (χ1v) is 10.4. The van der Waals surface area contributed by atoms with Gasteiger partial charge in [0.25, 0.3) is 5.91 Å². The lowest BCUT2D eigenvalue weighted by molar-refractivity contribution is -0.123. The molecule has 0 atom stereocenters. The minimum Gasteiger partial charge on any atom is -0.452 e. The van der Waals surface area contributed by atoms with E-state index in [-0.39, 0.29) is 23.0 Å². The molecule has 162 valence electrons. The van der Waals surface area contributed by atoms with Gasteiger partial charge in [-0.15, -0.1) is 0 Å². The summed E-state index contributed by atoms with van der Waals surface area (Å²) in [5, 5.41) is 4.93. The molecular formula is C24H26N2O5. The predicted octanol–water partition coefficient (Wildman–Crippen LogP) is 3.54. The summed E-state index contributed by atoms with van der Waals surface area (Å²) in [7, 11) is 0. The number of hydrogen-bond acceptors (Lipinski definition) is 5. The number of amides is 3. The van der Waals surface area contributed by atoms with E-state index in [1.807, 2.05) is 19.1 Å². The predicted molar refractivity (Wildman–Crippen MR) is 115 cm³/mol. The number of ether oxygens (including phenoxy) is 1. The van der Waals surface area contributed by atoms with Crippen molar-refractivity contribution in [2.24, 2.45) is 0 Å². The van der Waals surface area contributed by atoms with Gasteiger partial charge >= 0.3 is 12.0 Å². The minimum absolute atomic E-state index is 0.0590. The maximum absolute atomic E-state index is 12.8. The van der Waals surface area contributed by atoms with Crippen molar-refractivity contribution in [3.05, 3.63) is 70.8 Å². The molecule has 1 fully saturated rings. The zero-order chi connectivity index (χ0) is 22.2. The lowest BCUT2D eigenvalue weighted by Crippen LogP contribution is -2.46. The first kappa shape index (κ1) is 22.2. The lowest BCUT2D eigenvalue weighted by atomic mass is 9.96. The number of rotatable bonds is 6. The number of hydrogen-bond donors (Lipinski definition) is 2. The fourth-order valence-electron chi connectivity index (χ4n) is 3.56. The maximum Gasteiger partial charge on any atom is 0.339 e. The summed E-state index contributed by atoms with van der Waals surface area (Å²) < 4.78 is 5.04. The van der Waals surface area contributed by atoms with Gasteiger partial charge in [-0.3, -0.25) is 14.9 Å². The molecule has 0 radical (unpaired) electrons. The number of imide groups is 1. The summed E-state index contributed by atoms with van der Waals surface area (Å²) in [6, 6.07) is 12.8. The van der Waals surface area contributed by atoms with Crippen molar-refractivity contribution < 1.29 is 23.9 Å². The highest BCUT2D eigenvalue weighted by molar-refractivity contribution is 6.14. The van der Waals surface area contributed by atoms with Crippen molar-refractivity contribution in [3.8, 4) is 0 Å². The normalized spacial score (nSPS) is 13.8. The monoisotopic (exact) mass is 422 g/mol. The molecule has 1 aliphatic carbocycles. The number of ketones is 1. The Hall–Kier alpha value is -3.48. The van der Waals surface area contributed by atoms with Crippen molar-refractivity contribution in [1.29, 1.82) is 0 Å². The molecule has 0 spiro atoms. The molecule has 0 aromatic heterocycles. The van der Waals surface area contributed by atoms with Crippen molar-refractivity contribution in [3.63, 3.8) is 0 Å². The van der Waals surface area contributed by atoms with Gasteiger partial charge in [0.05, 0.1) is 5.56 Å². The second kappa shape index (κ2) is 10.5. The van der Waals surface area contributed by atoms with E-state index in [1.165, 1.54) is 12.1 Å². The van der Waals surface area contributed by atoms with Crippen LogP contribution in [0.1, 0.15) is 63.9 Å². The van der Waals surface area contributed by atoms with E-state index in [9.17, 15) is 19.2 Å². The van der Waals surface area contributed by atoms with Crippen molar-refractivity contribution in [2.45, 2.75) is 45.1 Å². The summed E-state index contributed by atoms with van der Waals surface area (Å²) in [6.45, 7) is 1.30. The van der Waals surface area contributed by atoms with Crippen LogP contribution < -0.4 is 10.6 Å². The zero-order valence-corrected chi connectivity index (χ0v) is 17.5. The van der Waals surface area contributed by atoms with E-state index in [1.54, 1.807) is 24.3 Å². The third-order valence-corrected chi connectivity index (χ3v) is 5.23. The Kier molecular flexibility index (Phi) is 7.54. The highest BCUT2D eigenvalue weighted by Crippen LogP contribution is 2.18.